The molecule has 0 amide bonds. The minimum atomic E-state index is -0.158. The molecule has 0 aromatic heterocycles. The van der Waals surface area contributed by atoms with Gasteiger partial charge >= 0.3 is 0 Å². The van der Waals surface area contributed by atoms with Crippen LogP contribution in [-0.2, 0) is 6.54 Å². The molecule has 0 saturated carbocycles. The predicted octanol–water partition coefficient (Wildman–Crippen LogP) is 3.28. The summed E-state index contributed by atoms with van der Waals surface area (Å²) in [4.78, 5) is 2.25. The van der Waals surface area contributed by atoms with Crippen molar-refractivity contribution < 1.29 is 4.39 Å². The van der Waals surface area contributed by atoms with E-state index < -0.39 is 0 Å². The SMILES string of the molecule is CCCNCC(C)(C)CN(C)Cc1cccc(F)c1. The Morgan fingerprint density at radius 1 is 1.32 bits per heavy atom. The van der Waals surface area contributed by atoms with Crippen LogP contribution in [-0.4, -0.2) is 31.6 Å². The maximum Gasteiger partial charge on any atom is 0.123 e. The Bertz CT molecular complexity index is 377. The fraction of sp³-hybridized carbons (Fsp3) is 0.625. The number of hydrogen-bond donors (Lipinski definition) is 1. The maximum atomic E-state index is 13.1. The van der Waals surface area contributed by atoms with E-state index in [1.165, 1.54) is 6.07 Å². The van der Waals surface area contributed by atoms with Gasteiger partial charge in [0.1, 0.15) is 5.82 Å². The quantitative estimate of drug-likeness (QED) is 0.726. The van der Waals surface area contributed by atoms with Crippen molar-refractivity contribution in [1.29, 1.82) is 0 Å². The van der Waals surface area contributed by atoms with Crippen LogP contribution in [0.4, 0.5) is 4.39 Å². The van der Waals surface area contributed by atoms with Crippen molar-refractivity contribution in [2.24, 2.45) is 5.41 Å². The zero-order chi connectivity index (χ0) is 14.3. The number of rotatable bonds is 8. The molecule has 0 aliphatic carbocycles. The Balaban J connectivity index is 2.43. The molecule has 108 valence electrons. The average Bonchev–Trinajstić information content (AvgIpc) is 2.27. The molecule has 0 spiro atoms. The molecule has 2 nitrogen and oxygen atoms in total. The van der Waals surface area contributed by atoms with E-state index in [-0.39, 0.29) is 11.2 Å². The van der Waals surface area contributed by atoms with E-state index in [9.17, 15) is 4.39 Å². The van der Waals surface area contributed by atoms with Crippen LogP contribution < -0.4 is 5.32 Å². The highest BCUT2D eigenvalue weighted by Gasteiger charge is 2.19. The third-order valence-electron chi connectivity index (χ3n) is 3.07. The lowest BCUT2D eigenvalue weighted by Crippen LogP contribution is -2.39. The summed E-state index contributed by atoms with van der Waals surface area (Å²) in [6.07, 6.45) is 1.16. The van der Waals surface area contributed by atoms with Gasteiger partial charge in [0.15, 0.2) is 0 Å². The first-order valence-electron chi connectivity index (χ1n) is 7.06. The molecule has 0 fully saturated rings. The molecule has 0 heterocycles. The summed E-state index contributed by atoms with van der Waals surface area (Å²) in [5.74, 6) is -0.158. The Kier molecular flexibility index (Phi) is 6.46. The fourth-order valence-corrected chi connectivity index (χ4v) is 2.39. The van der Waals surface area contributed by atoms with Gasteiger partial charge in [0, 0.05) is 19.6 Å². The molecular weight excluding hydrogens is 239 g/mol. The summed E-state index contributed by atoms with van der Waals surface area (Å²) >= 11 is 0. The van der Waals surface area contributed by atoms with Crippen LogP contribution in [0, 0.1) is 11.2 Å². The first-order chi connectivity index (χ1) is 8.93. The largest absolute Gasteiger partial charge is 0.316 e. The van der Waals surface area contributed by atoms with E-state index >= 15 is 0 Å². The van der Waals surface area contributed by atoms with Gasteiger partial charge in [0.25, 0.3) is 0 Å². The van der Waals surface area contributed by atoms with E-state index in [1.54, 1.807) is 12.1 Å². The number of hydrogen-bond acceptors (Lipinski definition) is 2. The normalized spacial score (nSPS) is 12.1. The summed E-state index contributed by atoms with van der Waals surface area (Å²) in [6, 6.07) is 6.84. The highest BCUT2D eigenvalue weighted by molar-refractivity contribution is 5.16. The molecule has 1 N–H and O–H groups in total. The Morgan fingerprint density at radius 3 is 2.68 bits per heavy atom. The van der Waals surface area contributed by atoms with Gasteiger partial charge in [-0.1, -0.05) is 32.9 Å². The summed E-state index contributed by atoms with van der Waals surface area (Å²) in [5.41, 5.74) is 1.25. The van der Waals surface area contributed by atoms with Crippen molar-refractivity contribution >= 4 is 0 Å². The molecule has 0 bridgehead atoms. The molecule has 1 aromatic rings. The number of halogens is 1. The first-order valence-corrected chi connectivity index (χ1v) is 7.06. The van der Waals surface area contributed by atoms with Gasteiger partial charge in [0.05, 0.1) is 0 Å². The van der Waals surface area contributed by atoms with Crippen molar-refractivity contribution in [3.8, 4) is 0 Å². The average molecular weight is 266 g/mol. The smallest absolute Gasteiger partial charge is 0.123 e. The highest BCUT2D eigenvalue weighted by atomic mass is 19.1. The highest BCUT2D eigenvalue weighted by Crippen LogP contribution is 2.16. The summed E-state index contributed by atoms with van der Waals surface area (Å²) in [6.45, 7) is 10.5. The van der Waals surface area contributed by atoms with Gasteiger partial charge in [-0.05, 0) is 43.1 Å². The second-order valence-corrected chi connectivity index (χ2v) is 6.14. The van der Waals surface area contributed by atoms with E-state index in [0.717, 1.165) is 38.2 Å². The van der Waals surface area contributed by atoms with Crippen molar-refractivity contribution in [2.45, 2.75) is 33.7 Å². The maximum absolute atomic E-state index is 13.1. The van der Waals surface area contributed by atoms with Gasteiger partial charge in [-0.25, -0.2) is 4.39 Å². The Morgan fingerprint density at radius 2 is 2.05 bits per heavy atom. The minimum absolute atomic E-state index is 0.158. The van der Waals surface area contributed by atoms with Crippen LogP contribution in [0.15, 0.2) is 24.3 Å². The lowest BCUT2D eigenvalue weighted by atomic mass is 9.92. The van der Waals surface area contributed by atoms with E-state index in [2.05, 4.69) is 38.0 Å². The van der Waals surface area contributed by atoms with Crippen LogP contribution in [0.3, 0.4) is 0 Å². The van der Waals surface area contributed by atoms with E-state index in [0.29, 0.717) is 0 Å². The molecule has 0 aliphatic heterocycles. The van der Waals surface area contributed by atoms with Gasteiger partial charge in [0.2, 0.25) is 0 Å². The van der Waals surface area contributed by atoms with Gasteiger partial charge < -0.3 is 10.2 Å². The summed E-state index contributed by atoms with van der Waals surface area (Å²) in [5, 5.41) is 3.47. The van der Waals surface area contributed by atoms with Gasteiger partial charge in [-0.15, -0.1) is 0 Å². The number of nitrogens with zero attached hydrogens (tertiary/aromatic N) is 1. The Hall–Kier alpha value is -0.930. The summed E-state index contributed by atoms with van der Waals surface area (Å²) in [7, 11) is 2.09. The van der Waals surface area contributed by atoms with Gasteiger partial charge in [-0.3, -0.25) is 0 Å². The molecule has 0 atom stereocenters. The third-order valence-corrected chi connectivity index (χ3v) is 3.07. The lowest BCUT2D eigenvalue weighted by Gasteiger charge is -2.30. The fourth-order valence-electron chi connectivity index (χ4n) is 2.39. The minimum Gasteiger partial charge on any atom is -0.316 e. The lowest BCUT2D eigenvalue weighted by molar-refractivity contribution is 0.198. The Labute approximate surface area is 117 Å². The van der Waals surface area contributed by atoms with Crippen LogP contribution in [0.5, 0.6) is 0 Å². The van der Waals surface area contributed by atoms with Crippen LogP contribution in [0.25, 0.3) is 0 Å². The van der Waals surface area contributed by atoms with Crippen LogP contribution >= 0.6 is 0 Å². The van der Waals surface area contributed by atoms with Crippen molar-refractivity contribution in [2.75, 3.05) is 26.7 Å². The van der Waals surface area contributed by atoms with Gasteiger partial charge in [-0.2, -0.15) is 0 Å². The van der Waals surface area contributed by atoms with Crippen molar-refractivity contribution in [3.05, 3.63) is 35.6 Å². The molecule has 0 aliphatic rings. The molecule has 0 unspecified atom stereocenters. The van der Waals surface area contributed by atoms with Crippen molar-refractivity contribution in [1.82, 2.24) is 10.2 Å². The molecule has 19 heavy (non-hydrogen) atoms. The predicted molar refractivity (Wildman–Crippen MR) is 79.7 cm³/mol. The topological polar surface area (TPSA) is 15.3 Å². The molecule has 0 radical (unpaired) electrons. The van der Waals surface area contributed by atoms with Crippen LogP contribution in [0.1, 0.15) is 32.8 Å². The molecule has 1 aromatic carbocycles. The molecular formula is C16H27FN2. The summed E-state index contributed by atoms with van der Waals surface area (Å²) < 4.78 is 13.1. The second-order valence-electron chi connectivity index (χ2n) is 6.14. The molecule has 1 rings (SSSR count). The standard InChI is InChI=1S/C16H27FN2/c1-5-9-18-12-16(2,3)13-19(4)11-14-7-6-8-15(17)10-14/h6-8,10,18H,5,9,11-13H2,1-4H3. The number of benzene rings is 1. The van der Waals surface area contributed by atoms with Crippen LogP contribution in [0.2, 0.25) is 0 Å². The van der Waals surface area contributed by atoms with Crippen molar-refractivity contribution in [3.63, 3.8) is 0 Å². The zero-order valence-corrected chi connectivity index (χ0v) is 12.7. The van der Waals surface area contributed by atoms with E-state index in [4.69, 9.17) is 0 Å². The third kappa shape index (κ3) is 6.69. The second kappa shape index (κ2) is 7.61. The number of nitrogens with one attached hydrogen (secondary N) is 1. The van der Waals surface area contributed by atoms with E-state index in [1.807, 2.05) is 6.07 Å². The molecule has 3 heteroatoms. The zero-order valence-electron chi connectivity index (χ0n) is 12.7. The first kappa shape index (κ1) is 16.1. The monoisotopic (exact) mass is 266 g/mol. The molecule has 0 saturated heterocycles.